The van der Waals surface area contributed by atoms with Gasteiger partial charge in [-0.15, -0.1) is 0 Å². The average Bonchev–Trinajstić information content (AvgIpc) is 2.32. The van der Waals surface area contributed by atoms with E-state index in [1.54, 1.807) is 6.08 Å². The maximum absolute atomic E-state index is 11.8. The molecular weight excluding hydrogens is 222 g/mol. The molecule has 0 N–H and O–H groups in total. The lowest BCUT2D eigenvalue weighted by molar-refractivity contribution is -0.208. The molecule has 2 rings (SSSR count). The van der Waals surface area contributed by atoms with Crippen LogP contribution in [0.4, 0.5) is 0 Å². The van der Waals surface area contributed by atoms with Crippen molar-refractivity contribution in [2.75, 3.05) is 14.2 Å². The van der Waals surface area contributed by atoms with Crippen LogP contribution < -0.4 is 0 Å². The molecule has 2 aliphatic rings. The minimum absolute atomic E-state index is 0.0966. The first-order chi connectivity index (χ1) is 8.14. The van der Waals surface area contributed by atoms with E-state index in [0.29, 0.717) is 18.6 Å². The second-order valence-electron chi connectivity index (χ2n) is 4.10. The zero-order valence-corrected chi connectivity index (χ0v) is 9.93. The van der Waals surface area contributed by atoms with Crippen molar-refractivity contribution in [3.05, 3.63) is 24.0 Å². The van der Waals surface area contributed by atoms with Crippen LogP contribution in [0.25, 0.3) is 0 Å². The highest BCUT2D eigenvalue weighted by Crippen LogP contribution is 2.38. The highest BCUT2D eigenvalue weighted by molar-refractivity contribution is 6.01. The van der Waals surface area contributed by atoms with Gasteiger partial charge in [0.25, 0.3) is 0 Å². The molecule has 0 unspecified atom stereocenters. The molecule has 0 saturated carbocycles. The summed E-state index contributed by atoms with van der Waals surface area (Å²) in [6, 6.07) is 0. The molecule has 1 fully saturated rings. The maximum Gasteiger partial charge on any atom is 0.247 e. The molecule has 1 saturated heterocycles. The topological polar surface area (TPSA) is 55.8 Å². The van der Waals surface area contributed by atoms with E-state index < -0.39 is 5.54 Å². The van der Waals surface area contributed by atoms with E-state index in [4.69, 9.17) is 9.57 Å². The zero-order valence-electron chi connectivity index (χ0n) is 9.93. The molecule has 92 valence electrons. The van der Waals surface area contributed by atoms with E-state index in [2.05, 4.69) is 0 Å². The monoisotopic (exact) mass is 237 g/mol. The van der Waals surface area contributed by atoms with Gasteiger partial charge in [0.05, 0.1) is 14.2 Å². The largest absolute Gasteiger partial charge is 0.498 e. The number of methoxy groups -OCH3 is 1. The highest BCUT2D eigenvalue weighted by Gasteiger charge is 2.47. The predicted octanol–water partition coefficient (Wildman–Crippen LogP) is 0.968. The molecule has 0 bridgehead atoms. The Bertz CT molecular complexity index is 413. The molecule has 0 radical (unpaired) electrons. The van der Waals surface area contributed by atoms with Crippen LogP contribution in [-0.2, 0) is 19.2 Å². The summed E-state index contributed by atoms with van der Waals surface area (Å²) in [7, 11) is 2.94. The van der Waals surface area contributed by atoms with E-state index in [-0.39, 0.29) is 11.7 Å². The Morgan fingerprint density at radius 1 is 1.35 bits per heavy atom. The number of ether oxygens (including phenoxy) is 1. The van der Waals surface area contributed by atoms with E-state index >= 15 is 0 Å². The van der Waals surface area contributed by atoms with Gasteiger partial charge in [-0.05, 0) is 25.0 Å². The van der Waals surface area contributed by atoms with Gasteiger partial charge in [0.1, 0.15) is 11.3 Å². The Balaban J connectivity index is 2.45. The SMILES string of the molecule is COC1=CC(=O)C=C[C@@]12CCCC(=O)N2OC. The van der Waals surface area contributed by atoms with Crippen LogP contribution >= 0.6 is 0 Å². The summed E-state index contributed by atoms with van der Waals surface area (Å²) in [4.78, 5) is 28.4. The fraction of sp³-hybridized carbons (Fsp3) is 0.500. The molecule has 1 spiro atoms. The van der Waals surface area contributed by atoms with Crippen molar-refractivity contribution in [1.29, 1.82) is 0 Å². The van der Waals surface area contributed by atoms with Gasteiger partial charge in [-0.25, -0.2) is 5.06 Å². The first kappa shape index (κ1) is 11.9. The Hall–Kier alpha value is -1.62. The molecule has 1 amide bonds. The number of carbonyl (C=O) groups is 2. The first-order valence-electron chi connectivity index (χ1n) is 5.50. The summed E-state index contributed by atoms with van der Waals surface area (Å²) < 4.78 is 5.25. The molecule has 0 aromatic rings. The Kier molecular flexibility index (Phi) is 3.02. The molecule has 1 atom stereocenters. The standard InChI is InChI=1S/C12H15NO4/c1-16-10-8-9(14)5-7-12(10)6-3-4-11(15)13(12)17-2/h5,7-8H,3-4,6H2,1-2H3/t12-/m0/s1. The van der Waals surface area contributed by atoms with Crippen LogP contribution in [0.2, 0.25) is 0 Å². The van der Waals surface area contributed by atoms with Gasteiger partial charge in [-0.1, -0.05) is 0 Å². The van der Waals surface area contributed by atoms with Gasteiger partial charge in [0, 0.05) is 12.5 Å². The number of nitrogens with zero attached hydrogens (tertiary/aromatic N) is 1. The fourth-order valence-electron chi connectivity index (χ4n) is 2.41. The number of hydrogen-bond donors (Lipinski definition) is 0. The molecule has 1 heterocycles. The number of ketones is 1. The summed E-state index contributed by atoms with van der Waals surface area (Å²) in [5, 5.41) is 1.30. The molecule has 5 nitrogen and oxygen atoms in total. The Morgan fingerprint density at radius 2 is 2.12 bits per heavy atom. The van der Waals surface area contributed by atoms with Gasteiger partial charge in [0.2, 0.25) is 5.91 Å². The number of amides is 1. The number of allylic oxidation sites excluding steroid dienone is 2. The van der Waals surface area contributed by atoms with Crippen molar-refractivity contribution in [3.63, 3.8) is 0 Å². The minimum Gasteiger partial charge on any atom is -0.498 e. The van der Waals surface area contributed by atoms with Gasteiger partial charge >= 0.3 is 0 Å². The quantitative estimate of drug-likeness (QED) is 0.718. The number of piperidine rings is 1. The third kappa shape index (κ3) is 1.76. The summed E-state index contributed by atoms with van der Waals surface area (Å²) in [6.07, 6.45) is 6.44. The fourth-order valence-corrected chi connectivity index (χ4v) is 2.41. The van der Waals surface area contributed by atoms with Crippen molar-refractivity contribution >= 4 is 11.7 Å². The third-order valence-corrected chi connectivity index (χ3v) is 3.16. The second-order valence-corrected chi connectivity index (χ2v) is 4.10. The molecule has 17 heavy (non-hydrogen) atoms. The minimum atomic E-state index is -0.757. The van der Waals surface area contributed by atoms with Crippen molar-refractivity contribution in [2.45, 2.75) is 24.8 Å². The van der Waals surface area contributed by atoms with Crippen molar-refractivity contribution < 1.29 is 19.2 Å². The van der Waals surface area contributed by atoms with E-state index in [1.165, 1.54) is 31.4 Å². The average molecular weight is 237 g/mol. The van der Waals surface area contributed by atoms with Crippen molar-refractivity contribution in [1.82, 2.24) is 5.06 Å². The molecular formula is C12H15NO4. The van der Waals surface area contributed by atoms with Crippen LogP contribution in [0.15, 0.2) is 24.0 Å². The van der Waals surface area contributed by atoms with Crippen molar-refractivity contribution in [3.8, 4) is 0 Å². The van der Waals surface area contributed by atoms with Crippen LogP contribution in [0.5, 0.6) is 0 Å². The normalized spacial score (nSPS) is 28.6. The summed E-state index contributed by atoms with van der Waals surface area (Å²) in [5.74, 6) is 0.224. The Morgan fingerprint density at radius 3 is 2.76 bits per heavy atom. The molecule has 1 aliphatic carbocycles. The lowest BCUT2D eigenvalue weighted by atomic mass is 9.82. The number of hydroxylamine groups is 2. The number of rotatable bonds is 2. The Labute approximate surface area is 99.6 Å². The van der Waals surface area contributed by atoms with Gasteiger partial charge in [-0.2, -0.15) is 0 Å². The van der Waals surface area contributed by atoms with Crippen molar-refractivity contribution in [2.24, 2.45) is 0 Å². The molecule has 0 aromatic carbocycles. The highest BCUT2D eigenvalue weighted by atomic mass is 16.7. The van der Waals surface area contributed by atoms with E-state index in [0.717, 1.165) is 6.42 Å². The molecule has 0 aromatic heterocycles. The number of hydrogen-bond acceptors (Lipinski definition) is 4. The van der Waals surface area contributed by atoms with E-state index in [9.17, 15) is 9.59 Å². The second kappa shape index (κ2) is 4.33. The van der Waals surface area contributed by atoms with Gasteiger partial charge in [0.15, 0.2) is 5.78 Å². The zero-order chi connectivity index (χ0) is 12.5. The van der Waals surface area contributed by atoms with Crippen LogP contribution in [-0.4, -0.2) is 36.5 Å². The molecule has 1 aliphatic heterocycles. The molecule has 5 heteroatoms. The van der Waals surface area contributed by atoms with Crippen LogP contribution in [0, 0.1) is 0 Å². The van der Waals surface area contributed by atoms with Crippen LogP contribution in [0.3, 0.4) is 0 Å². The lowest BCUT2D eigenvalue weighted by Crippen LogP contribution is -2.55. The third-order valence-electron chi connectivity index (χ3n) is 3.16. The maximum atomic E-state index is 11.8. The predicted molar refractivity (Wildman–Crippen MR) is 59.7 cm³/mol. The number of carbonyl (C=O) groups excluding carboxylic acids is 2. The summed E-state index contributed by atoms with van der Waals surface area (Å²) in [6.45, 7) is 0. The van der Waals surface area contributed by atoms with Gasteiger partial charge in [-0.3, -0.25) is 14.4 Å². The summed E-state index contributed by atoms with van der Waals surface area (Å²) in [5.41, 5.74) is -0.757. The van der Waals surface area contributed by atoms with E-state index in [1.807, 2.05) is 0 Å². The first-order valence-corrected chi connectivity index (χ1v) is 5.50. The lowest BCUT2D eigenvalue weighted by Gasteiger charge is -2.44. The summed E-state index contributed by atoms with van der Waals surface area (Å²) >= 11 is 0. The van der Waals surface area contributed by atoms with Crippen LogP contribution in [0.1, 0.15) is 19.3 Å². The van der Waals surface area contributed by atoms with Gasteiger partial charge < -0.3 is 4.74 Å². The smallest absolute Gasteiger partial charge is 0.247 e.